The predicted molar refractivity (Wildman–Crippen MR) is 34.0 cm³/mol. The minimum atomic E-state index is -0.619. The number of hydrogen-bond acceptors (Lipinski definition) is 2. The van der Waals surface area contributed by atoms with Gasteiger partial charge in [0.2, 0.25) is 0 Å². The fourth-order valence-corrected chi connectivity index (χ4v) is 0.939. The third-order valence-electron chi connectivity index (χ3n) is 2.18. The molecule has 0 saturated heterocycles. The molecule has 1 aliphatic rings. The Morgan fingerprint density at radius 1 is 1.67 bits per heavy atom. The van der Waals surface area contributed by atoms with Crippen LogP contribution in [0.15, 0.2) is 0 Å². The van der Waals surface area contributed by atoms with Crippen LogP contribution in [0.25, 0.3) is 0 Å². The van der Waals surface area contributed by atoms with Crippen LogP contribution < -0.4 is 0 Å². The highest BCUT2D eigenvalue weighted by molar-refractivity contribution is 5.79. The lowest BCUT2D eigenvalue weighted by Gasteiger charge is -2.12. The van der Waals surface area contributed by atoms with Gasteiger partial charge >= 0.3 is 0 Å². The van der Waals surface area contributed by atoms with Gasteiger partial charge in [0.05, 0.1) is 5.60 Å². The van der Waals surface area contributed by atoms with E-state index >= 15 is 0 Å². The Labute approximate surface area is 54.9 Å². The summed E-state index contributed by atoms with van der Waals surface area (Å²) in [5.74, 6) is -0.0625. The number of carbonyl (C=O) groups excluding carboxylic acids is 1. The standard InChI is InChI=1S/C7H12O2/c1-5(6(2)8)7(9)3-4-7/h5,9H,3-4H2,1-2H3. The van der Waals surface area contributed by atoms with E-state index in [4.69, 9.17) is 0 Å². The zero-order chi connectivity index (χ0) is 7.07. The molecule has 1 saturated carbocycles. The maximum Gasteiger partial charge on any atom is 0.135 e. The normalized spacial score (nSPS) is 25.2. The second-order valence-electron chi connectivity index (χ2n) is 2.94. The SMILES string of the molecule is CC(=O)C(C)C1(O)CC1. The molecule has 0 spiro atoms. The van der Waals surface area contributed by atoms with E-state index < -0.39 is 5.60 Å². The quantitative estimate of drug-likeness (QED) is 0.595. The van der Waals surface area contributed by atoms with Crippen molar-refractivity contribution in [3.63, 3.8) is 0 Å². The van der Waals surface area contributed by atoms with Crippen molar-refractivity contribution in [2.24, 2.45) is 5.92 Å². The van der Waals surface area contributed by atoms with Gasteiger partial charge in [-0.15, -0.1) is 0 Å². The molecule has 0 amide bonds. The average Bonchev–Trinajstić information content (AvgIpc) is 2.47. The van der Waals surface area contributed by atoms with Crippen molar-refractivity contribution in [2.75, 3.05) is 0 Å². The first-order valence-electron chi connectivity index (χ1n) is 3.29. The average molecular weight is 128 g/mol. The maximum atomic E-state index is 10.7. The van der Waals surface area contributed by atoms with Crippen molar-refractivity contribution in [3.05, 3.63) is 0 Å². The molecule has 0 aromatic rings. The minimum absolute atomic E-state index is 0.0926. The molecular formula is C7H12O2. The predicted octanol–water partition coefficient (Wildman–Crippen LogP) is 0.736. The number of ketones is 1. The van der Waals surface area contributed by atoms with Gasteiger partial charge in [-0.3, -0.25) is 4.79 Å². The largest absolute Gasteiger partial charge is 0.389 e. The monoisotopic (exact) mass is 128 g/mol. The van der Waals surface area contributed by atoms with Crippen molar-refractivity contribution in [3.8, 4) is 0 Å². The van der Waals surface area contributed by atoms with Crippen LogP contribution in [0.2, 0.25) is 0 Å². The summed E-state index contributed by atoms with van der Waals surface area (Å²) in [6, 6.07) is 0. The Kier molecular flexibility index (Phi) is 1.35. The Hall–Kier alpha value is -0.370. The molecule has 52 valence electrons. The zero-order valence-corrected chi connectivity index (χ0v) is 5.85. The summed E-state index contributed by atoms with van der Waals surface area (Å²) in [6.45, 7) is 3.32. The van der Waals surface area contributed by atoms with Crippen LogP contribution in [0, 0.1) is 5.92 Å². The van der Waals surface area contributed by atoms with Crippen LogP contribution in [0.1, 0.15) is 26.7 Å². The van der Waals surface area contributed by atoms with Gasteiger partial charge in [-0.2, -0.15) is 0 Å². The van der Waals surface area contributed by atoms with E-state index in [2.05, 4.69) is 0 Å². The van der Waals surface area contributed by atoms with Crippen LogP contribution >= 0.6 is 0 Å². The number of aliphatic hydroxyl groups is 1. The van der Waals surface area contributed by atoms with Crippen LogP contribution in [0.5, 0.6) is 0 Å². The molecule has 2 nitrogen and oxygen atoms in total. The van der Waals surface area contributed by atoms with Crippen molar-refractivity contribution < 1.29 is 9.90 Å². The molecule has 2 heteroatoms. The molecule has 0 bridgehead atoms. The smallest absolute Gasteiger partial charge is 0.135 e. The Morgan fingerprint density at radius 3 is 2.22 bits per heavy atom. The second kappa shape index (κ2) is 1.81. The number of carbonyl (C=O) groups is 1. The minimum Gasteiger partial charge on any atom is -0.389 e. The number of Topliss-reactive ketones (excluding diaryl/α,β-unsaturated/α-hetero) is 1. The van der Waals surface area contributed by atoms with Crippen LogP contribution in [0.4, 0.5) is 0 Å². The molecule has 9 heavy (non-hydrogen) atoms. The van der Waals surface area contributed by atoms with E-state index in [9.17, 15) is 9.90 Å². The molecule has 1 unspecified atom stereocenters. The molecule has 0 aromatic heterocycles. The van der Waals surface area contributed by atoms with E-state index in [1.807, 2.05) is 0 Å². The molecule has 0 aliphatic heterocycles. The first-order valence-corrected chi connectivity index (χ1v) is 3.29. The molecule has 0 radical (unpaired) electrons. The highest BCUT2D eigenvalue weighted by Gasteiger charge is 2.47. The summed E-state index contributed by atoms with van der Waals surface area (Å²) >= 11 is 0. The highest BCUT2D eigenvalue weighted by atomic mass is 16.3. The number of hydrogen-bond donors (Lipinski definition) is 1. The van der Waals surface area contributed by atoms with Crippen molar-refractivity contribution in [1.29, 1.82) is 0 Å². The van der Waals surface area contributed by atoms with E-state index in [1.54, 1.807) is 6.92 Å². The van der Waals surface area contributed by atoms with Gasteiger partial charge in [-0.05, 0) is 19.8 Å². The van der Waals surface area contributed by atoms with Gasteiger partial charge < -0.3 is 5.11 Å². The van der Waals surface area contributed by atoms with E-state index in [0.29, 0.717) is 0 Å². The Morgan fingerprint density at radius 2 is 2.11 bits per heavy atom. The van der Waals surface area contributed by atoms with Gasteiger partial charge in [0.15, 0.2) is 0 Å². The van der Waals surface area contributed by atoms with Gasteiger partial charge in [-0.25, -0.2) is 0 Å². The fourth-order valence-electron chi connectivity index (χ4n) is 0.939. The molecule has 1 fully saturated rings. The maximum absolute atomic E-state index is 10.7. The summed E-state index contributed by atoms with van der Waals surface area (Å²) in [4.78, 5) is 10.7. The first-order chi connectivity index (χ1) is 4.06. The zero-order valence-electron chi connectivity index (χ0n) is 5.85. The highest BCUT2D eigenvalue weighted by Crippen LogP contribution is 2.42. The van der Waals surface area contributed by atoms with Gasteiger partial charge in [0.1, 0.15) is 5.78 Å². The molecule has 1 rings (SSSR count). The van der Waals surface area contributed by atoms with Crippen molar-refractivity contribution in [1.82, 2.24) is 0 Å². The van der Waals surface area contributed by atoms with Gasteiger partial charge in [-0.1, -0.05) is 6.92 Å². The Bertz CT molecular complexity index is 136. The van der Waals surface area contributed by atoms with Crippen LogP contribution in [0.3, 0.4) is 0 Å². The molecule has 1 atom stereocenters. The van der Waals surface area contributed by atoms with Gasteiger partial charge in [0.25, 0.3) is 0 Å². The third kappa shape index (κ3) is 1.13. The summed E-state index contributed by atoms with van der Waals surface area (Å²) < 4.78 is 0. The van der Waals surface area contributed by atoms with Gasteiger partial charge in [0, 0.05) is 5.92 Å². The topological polar surface area (TPSA) is 37.3 Å². The van der Waals surface area contributed by atoms with E-state index in [0.717, 1.165) is 12.8 Å². The lowest BCUT2D eigenvalue weighted by atomic mass is 9.99. The van der Waals surface area contributed by atoms with Crippen molar-refractivity contribution >= 4 is 5.78 Å². The molecule has 1 N–H and O–H groups in total. The number of rotatable bonds is 2. The molecular weight excluding hydrogens is 116 g/mol. The fraction of sp³-hybridized carbons (Fsp3) is 0.857. The summed E-state index contributed by atoms with van der Waals surface area (Å²) in [7, 11) is 0. The molecule has 1 aliphatic carbocycles. The Balaban J connectivity index is 2.52. The summed E-state index contributed by atoms with van der Waals surface area (Å²) in [6.07, 6.45) is 1.60. The first kappa shape index (κ1) is 6.75. The van der Waals surface area contributed by atoms with Crippen LogP contribution in [-0.2, 0) is 4.79 Å². The molecule has 0 heterocycles. The second-order valence-corrected chi connectivity index (χ2v) is 2.94. The molecule has 0 aromatic carbocycles. The summed E-state index contributed by atoms with van der Waals surface area (Å²) in [5, 5.41) is 9.35. The van der Waals surface area contributed by atoms with Crippen LogP contribution in [-0.4, -0.2) is 16.5 Å². The third-order valence-corrected chi connectivity index (χ3v) is 2.18. The van der Waals surface area contributed by atoms with E-state index in [-0.39, 0.29) is 11.7 Å². The van der Waals surface area contributed by atoms with Crippen molar-refractivity contribution in [2.45, 2.75) is 32.3 Å². The lowest BCUT2D eigenvalue weighted by Crippen LogP contribution is -2.24. The summed E-state index contributed by atoms with van der Waals surface area (Å²) in [5.41, 5.74) is -0.619. The van der Waals surface area contributed by atoms with E-state index in [1.165, 1.54) is 6.92 Å². The lowest BCUT2D eigenvalue weighted by molar-refractivity contribution is -0.124.